The van der Waals surface area contributed by atoms with Gasteiger partial charge in [0.25, 0.3) is 5.91 Å². The summed E-state index contributed by atoms with van der Waals surface area (Å²) in [5, 5.41) is 3.90. The second-order valence-electron chi connectivity index (χ2n) is 5.59. The number of nitrogens with zero attached hydrogens (tertiary/aromatic N) is 2. The van der Waals surface area contributed by atoms with Gasteiger partial charge in [0, 0.05) is 26.2 Å². The second-order valence-corrected chi connectivity index (χ2v) is 6.59. The zero-order valence-corrected chi connectivity index (χ0v) is 14.3. The largest absolute Gasteiger partial charge is 0.383 e. The molecule has 0 saturated carbocycles. The van der Waals surface area contributed by atoms with Crippen molar-refractivity contribution in [2.24, 2.45) is 5.92 Å². The van der Waals surface area contributed by atoms with Crippen LogP contribution in [0.3, 0.4) is 0 Å². The molecule has 21 heavy (non-hydrogen) atoms. The molecule has 1 aromatic heterocycles. The topological polar surface area (TPSA) is 80.5 Å². The Bertz CT molecular complexity index is 460. The van der Waals surface area contributed by atoms with Crippen LogP contribution in [0.5, 0.6) is 0 Å². The van der Waals surface area contributed by atoms with E-state index in [1.165, 1.54) is 11.3 Å². The second kappa shape index (κ2) is 8.19. The van der Waals surface area contributed by atoms with Crippen LogP contribution in [0.2, 0.25) is 0 Å². The molecule has 0 bridgehead atoms. The van der Waals surface area contributed by atoms with E-state index in [0.717, 1.165) is 6.54 Å². The van der Waals surface area contributed by atoms with Gasteiger partial charge in [0.1, 0.15) is 10.7 Å². The number of thiazole rings is 1. The van der Waals surface area contributed by atoms with E-state index in [9.17, 15) is 4.79 Å². The molecule has 0 aromatic carbocycles. The minimum Gasteiger partial charge on any atom is -0.383 e. The van der Waals surface area contributed by atoms with Crippen molar-refractivity contribution in [1.29, 1.82) is 0 Å². The molecule has 0 atom stereocenters. The monoisotopic (exact) mass is 314 g/mol. The molecular weight excluding hydrogens is 288 g/mol. The number of methoxy groups -OCH3 is 1. The van der Waals surface area contributed by atoms with Crippen molar-refractivity contribution < 1.29 is 9.53 Å². The molecule has 7 heteroatoms. The Hall–Kier alpha value is -1.34. The smallest absolute Gasteiger partial charge is 0.268 e. The average Bonchev–Trinajstić information content (AvgIpc) is 2.77. The highest BCUT2D eigenvalue weighted by molar-refractivity contribution is 7.18. The van der Waals surface area contributed by atoms with Gasteiger partial charge in [-0.05, 0) is 19.8 Å². The van der Waals surface area contributed by atoms with E-state index in [4.69, 9.17) is 10.5 Å². The van der Waals surface area contributed by atoms with Crippen molar-refractivity contribution >= 4 is 28.2 Å². The van der Waals surface area contributed by atoms with Crippen LogP contribution in [-0.2, 0) is 4.74 Å². The van der Waals surface area contributed by atoms with Crippen LogP contribution in [-0.4, -0.2) is 48.6 Å². The fraction of sp³-hybridized carbons (Fsp3) is 0.714. The maximum Gasteiger partial charge on any atom is 0.268 e. The minimum absolute atomic E-state index is 0.0845. The van der Waals surface area contributed by atoms with Crippen LogP contribution >= 0.6 is 11.3 Å². The predicted molar refractivity (Wildman–Crippen MR) is 87.9 cm³/mol. The Morgan fingerprint density at radius 1 is 1.43 bits per heavy atom. The summed E-state index contributed by atoms with van der Waals surface area (Å²) in [5.74, 6) is 0.706. The summed E-state index contributed by atoms with van der Waals surface area (Å²) in [7, 11) is 1.62. The molecule has 1 rings (SSSR count). The normalized spacial score (nSPS) is 11.2. The van der Waals surface area contributed by atoms with Crippen LogP contribution in [0.1, 0.15) is 37.4 Å². The van der Waals surface area contributed by atoms with E-state index >= 15 is 0 Å². The number of amides is 1. The predicted octanol–water partition coefficient (Wildman–Crippen LogP) is 2.29. The third-order valence-electron chi connectivity index (χ3n) is 2.93. The third-order valence-corrected chi connectivity index (χ3v) is 3.95. The number of nitrogens with one attached hydrogen (secondary N) is 1. The summed E-state index contributed by atoms with van der Waals surface area (Å²) in [6.45, 7) is 10.0. The van der Waals surface area contributed by atoms with Crippen molar-refractivity contribution in [3.63, 3.8) is 0 Å². The number of hydrogen-bond acceptors (Lipinski definition) is 6. The molecule has 0 aliphatic carbocycles. The molecule has 6 nitrogen and oxygen atoms in total. The molecule has 0 fully saturated rings. The van der Waals surface area contributed by atoms with Gasteiger partial charge in [0.15, 0.2) is 5.13 Å². The molecule has 0 spiro atoms. The Morgan fingerprint density at radius 3 is 2.62 bits per heavy atom. The lowest BCUT2D eigenvalue weighted by atomic mass is 10.2. The SMILES string of the molecule is COCCN(C(=O)c1sc(NCC(C)C)nc1N)C(C)C. The van der Waals surface area contributed by atoms with Crippen LogP contribution in [0.15, 0.2) is 0 Å². The summed E-state index contributed by atoms with van der Waals surface area (Å²) in [5.41, 5.74) is 5.90. The average molecular weight is 314 g/mol. The molecular formula is C14H26N4O2S. The Morgan fingerprint density at radius 2 is 2.10 bits per heavy atom. The zero-order chi connectivity index (χ0) is 16.0. The zero-order valence-electron chi connectivity index (χ0n) is 13.5. The fourth-order valence-electron chi connectivity index (χ4n) is 1.77. The molecule has 1 aromatic rings. The van der Waals surface area contributed by atoms with Crippen molar-refractivity contribution in [1.82, 2.24) is 9.88 Å². The number of nitrogens with two attached hydrogens (primary N) is 1. The van der Waals surface area contributed by atoms with Gasteiger partial charge in [0.05, 0.1) is 6.61 Å². The first kappa shape index (κ1) is 17.7. The van der Waals surface area contributed by atoms with Gasteiger partial charge in [-0.25, -0.2) is 4.98 Å². The van der Waals surface area contributed by atoms with Crippen molar-refractivity contribution in [3.05, 3.63) is 4.88 Å². The van der Waals surface area contributed by atoms with Crippen LogP contribution in [0, 0.1) is 5.92 Å². The van der Waals surface area contributed by atoms with E-state index in [-0.39, 0.29) is 11.9 Å². The summed E-state index contributed by atoms with van der Waals surface area (Å²) in [6.07, 6.45) is 0. The maximum absolute atomic E-state index is 12.6. The number of rotatable bonds is 8. The lowest BCUT2D eigenvalue weighted by Gasteiger charge is -2.25. The van der Waals surface area contributed by atoms with Crippen molar-refractivity contribution in [3.8, 4) is 0 Å². The third kappa shape index (κ3) is 5.17. The van der Waals surface area contributed by atoms with Gasteiger partial charge in [-0.15, -0.1) is 0 Å². The number of aromatic nitrogens is 1. The van der Waals surface area contributed by atoms with Crippen LogP contribution < -0.4 is 11.1 Å². The Kier molecular flexibility index (Phi) is 6.91. The Balaban J connectivity index is 2.84. The van der Waals surface area contributed by atoms with E-state index < -0.39 is 0 Å². The molecule has 1 heterocycles. The standard InChI is InChI=1S/C14H26N4O2S/c1-9(2)8-16-14-17-12(15)11(21-14)13(19)18(10(3)4)6-7-20-5/h9-10H,6-8,15H2,1-5H3,(H,16,17). The van der Waals surface area contributed by atoms with Gasteiger partial charge >= 0.3 is 0 Å². The molecule has 0 aliphatic rings. The summed E-state index contributed by atoms with van der Waals surface area (Å²) >= 11 is 1.31. The fourth-order valence-corrected chi connectivity index (χ4v) is 2.61. The van der Waals surface area contributed by atoms with E-state index in [0.29, 0.717) is 34.9 Å². The lowest BCUT2D eigenvalue weighted by molar-refractivity contribution is 0.0640. The molecule has 0 aliphatic heterocycles. The summed E-state index contributed by atoms with van der Waals surface area (Å²) in [6, 6.07) is 0.0845. The Labute approximate surface area is 130 Å². The molecule has 0 unspecified atom stereocenters. The van der Waals surface area contributed by atoms with Gasteiger partial charge in [-0.1, -0.05) is 25.2 Å². The summed E-state index contributed by atoms with van der Waals surface area (Å²) < 4.78 is 5.06. The molecule has 0 saturated heterocycles. The first-order valence-corrected chi connectivity index (χ1v) is 7.98. The van der Waals surface area contributed by atoms with E-state index in [1.54, 1.807) is 12.0 Å². The highest BCUT2D eigenvalue weighted by atomic mass is 32.1. The van der Waals surface area contributed by atoms with Gasteiger partial charge in [0.2, 0.25) is 0 Å². The quantitative estimate of drug-likeness (QED) is 0.769. The summed E-state index contributed by atoms with van der Waals surface area (Å²) in [4.78, 5) is 19.1. The van der Waals surface area contributed by atoms with Crippen molar-refractivity contribution in [2.75, 3.05) is 37.9 Å². The highest BCUT2D eigenvalue weighted by Gasteiger charge is 2.24. The lowest BCUT2D eigenvalue weighted by Crippen LogP contribution is -2.39. The molecule has 3 N–H and O–H groups in total. The van der Waals surface area contributed by atoms with Gasteiger partial charge in [-0.3, -0.25) is 4.79 Å². The number of carbonyl (C=O) groups is 1. The number of ether oxygens (including phenoxy) is 1. The first-order valence-electron chi connectivity index (χ1n) is 7.16. The molecule has 120 valence electrons. The van der Waals surface area contributed by atoms with Gasteiger partial charge < -0.3 is 20.7 Å². The number of hydrogen-bond donors (Lipinski definition) is 2. The molecule has 0 radical (unpaired) electrons. The first-order chi connectivity index (χ1) is 9.86. The minimum atomic E-state index is -0.0883. The number of carbonyl (C=O) groups excluding carboxylic acids is 1. The van der Waals surface area contributed by atoms with Crippen LogP contribution in [0.4, 0.5) is 10.9 Å². The number of anilines is 2. The molecule has 1 amide bonds. The number of nitrogen functional groups attached to an aromatic ring is 1. The van der Waals surface area contributed by atoms with E-state index in [1.807, 2.05) is 13.8 Å². The maximum atomic E-state index is 12.6. The van der Waals surface area contributed by atoms with E-state index in [2.05, 4.69) is 24.1 Å². The highest BCUT2D eigenvalue weighted by Crippen LogP contribution is 2.27. The van der Waals surface area contributed by atoms with Crippen LogP contribution in [0.25, 0.3) is 0 Å². The van der Waals surface area contributed by atoms with Crippen molar-refractivity contribution in [2.45, 2.75) is 33.7 Å². The van der Waals surface area contributed by atoms with Gasteiger partial charge in [-0.2, -0.15) is 0 Å².